The highest BCUT2D eigenvalue weighted by Gasteiger charge is 2.32. The van der Waals surface area contributed by atoms with Crippen LogP contribution in [0.25, 0.3) is 0 Å². The topological polar surface area (TPSA) is 90.0 Å². The van der Waals surface area contributed by atoms with Crippen molar-refractivity contribution in [2.75, 3.05) is 32.7 Å². The Morgan fingerprint density at radius 3 is 2.33 bits per heavy atom. The van der Waals surface area contributed by atoms with Crippen LogP contribution >= 0.6 is 12.4 Å². The highest BCUT2D eigenvalue weighted by atomic mass is 35.5. The average molecular weight is 404 g/mol. The van der Waals surface area contributed by atoms with Crippen molar-refractivity contribution in [2.45, 2.75) is 58.4 Å². The zero-order valence-electron chi connectivity index (χ0n) is 16.5. The Hall–Kier alpha value is -1.34. The van der Waals surface area contributed by atoms with Gasteiger partial charge in [0.05, 0.1) is 6.54 Å². The van der Waals surface area contributed by atoms with Crippen molar-refractivity contribution in [3.8, 4) is 0 Å². The van der Waals surface area contributed by atoms with E-state index in [2.05, 4.69) is 19.2 Å². The minimum absolute atomic E-state index is 0. The fourth-order valence-electron chi connectivity index (χ4n) is 3.75. The van der Waals surface area contributed by atoms with Crippen molar-refractivity contribution in [1.29, 1.82) is 0 Å². The summed E-state index contributed by atoms with van der Waals surface area (Å²) in [6, 6.07) is -0.544. The monoisotopic (exact) mass is 403 g/mol. The molecule has 0 saturated carbocycles. The molecule has 2 aliphatic heterocycles. The van der Waals surface area contributed by atoms with Crippen molar-refractivity contribution >= 4 is 30.2 Å². The number of carbonyl (C=O) groups is 3. The lowest BCUT2D eigenvalue weighted by Crippen LogP contribution is -2.51. The second-order valence-electron chi connectivity index (χ2n) is 7.95. The number of nitrogens with one attached hydrogen (secondary N) is 1. The van der Waals surface area contributed by atoms with Crippen LogP contribution in [0.15, 0.2) is 0 Å². The SMILES string of the molecule is CC(C)CCNC(=O)C1CCN(C(=O)CN2CCCCC2C(=O)O)CC1.Cl. The molecule has 0 aromatic carbocycles. The molecule has 0 aliphatic carbocycles. The maximum absolute atomic E-state index is 12.5. The number of nitrogens with zero attached hydrogens (tertiary/aromatic N) is 2. The molecule has 8 heteroatoms. The van der Waals surface area contributed by atoms with Crippen LogP contribution in [-0.4, -0.2) is 71.5 Å². The highest BCUT2D eigenvalue weighted by molar-refractivity contribution is 5.85. The Balaban J connectivity index is 0.00000364. The molecule has 0 spiro atoms. The number of aliphatic carboxylic acids is 1. The van der Waals surface area contributed by atoms with Crippen LogP contribution in [-0.2, 0) is 14.4 Å². The van der Waals surface area contributed by atoms with E-state index in [0.29, 0.717) is 51.4 Å². The van der Waals surface area contributed by atoms with Gasteiger partial charge in [0.2, 0.25) is 11.8 Å². The minimum atomic E-state index is -0.839. The normalized spacial score (nSPS) is 21.6. The lowest BCUT2D eigenvalue weighted by Gasteiger charge is -2.36. The third kappa shape index (κ3) is 7.30. The van der Waals surface area contributed by atoms with E-state index in [1.54, 1.807) is 9.80 Å². The van der Waals surface area contributed by atoms with Gasteiger partial charge in [-0.3, -0.25) is 19.3 Å². The van der Waals surface area contributed by atoms with Gasteiger partial charge in [-0.1, -0.05) is 20.3 Å². The summed E-state index contributed by atoms with van der Waals surface area (Å²) in [7, 11) is 0. The first-order chi connectivity index (χ1) is 12.4. The van der Waals surface area contributed by atoms with E-state index in [9.17, 15) is 19.5 Å². The maximum Gasteiger partial charge on any atom is 0.320 e. The average Bonchev–Trinajstić information content (AvgIpc) is 2.61. The number of halogens is 1. The van der Waals surface area contributed by atoms with Crippen LogP contribution in [0.5, 0.6) is 0 Å². The standard InChI is InChI=1S/C19H33N3O4.ClH/c1-14(2)6-9-20-18(24)15-7-11-21(12-8-15)17(23)13-22-10-4-3-5-16(22)19(25)26;/h14-16H,3-13H2,1-2H3,(H,20,24)(H,25,26);1H. The van der Waals surface area contributed by atoms with E-state index >= 15 is 0 Å². The molecule has 2 saturated heterocycles. The van der Waals surface area contributed by atoms with Crippen molar-refractivity contribution in [3.63, 3.8) is 0 Å². The number of rotatable bonds is 7. The van der Waals surface area contributed by atoms with E-state index in [-0.39, 0.29) is 36.7 Å². The smallest absolute Gasteiger partial charge is 0.320 e. The van der Waals surface area contributed by atoms with Crippen LogP contribution in [0.4, 0.5) is 0 Å². The van der Waals surface area contributed by atoms with E-state index in [1.807, 2.05) is 0 Å². The van der Waals surface area contributed by atoms with Crippen LogP contribution in [0.2, 0.25) is 0 Å². The Kier molecular flexibility index (Phi) is 10.1. The van der Waals surface area contributed by atoms with Gasteiger partial charge in [-0.2, -0.15) is 0 Å². The molecule has 2 amide bonds. The summed E-state index contributed by atoms with van der Waals surface area (Å²) in [4.78, 5) is 39.7. The third-order valence-corrected chi connectivity index (χ3v) is 5.48. The molecule has 0 aromatic heterocycles. The summed E-state index contributed by atoms with van der Waals surface area (Å²) < 4.78 is 0. The third-order valence-electron chi connectivity index (χ3n) is 5.48. The Bertz CT molecular complexity index is 507. The Morgan fingerprint density at radius 2 is 1.74 bits per heavy atom. The molecule has 2 heterocycles. The highest BCUT2D eigenvalue weighted by Crippen LogP contribution is 2.20. The molecule has 0 aromatic rings. The molecule has 2 N–H and O–H groups in total. The molecular weight excluding hydrogens is 370 g/mol. The first-order valence-corrected chi connectivity index (χ1v) is 9.90. The van der Waals surface area contributed by atoms with Crippen molar-refractivity contribution in [1.82, 2.24) is 15.1 Å². The summed E-state index contributed by atoms with van der Waals surface area (Å²) in [5, 5.41) is 12.3. The largest absolute Gasteiger partial charge is 0.480 e. The molecule has 0 radical (unpaired) electrons. The van der Waals surface area contributed by atoms with E-state index in [1.165, 1.54) is 0 Å². The lowest BCUT2D eigenvalue weighted by molar-refractivity contribution is -0.147. The Labute approximate surface area is 168 Å². The lowest BCUT2D eigenvalue weighted by atomic mass is 9.95. The molecule has 2 aliphatic rings. The predicted octanol–water partition coefficient (Wildman–Crippen LogP) is 1.75. The molecule has 2 fully saturated rings. The van der Waals surface area contributed by atoms with Gasteiger partial charge in [-0.15, -0.1) is 12.4 Å². The summed E-state index contributed by atoms with van der Waals surface area (Å²) >= 11 is 0. The van der Waals surface area contributed by atoms with Gasteiger partial charge in [-0.05, 0) is 44.6 Å². The fraction of sp³-hybridized carbons (Fsp3) is 0.842. The quantitative estimate of drug-likeness (QED) is 0.675. The number of amides is 2. The number of carboxylic acids is 1. The molecule has 1 unspecified atom stereocenters. The zero-order valence-corrected chi connectivity index (χ0v) is 17.3. The predicted molar refractivity (Wildman–Crippen MR) is 106 cm³/mol. The van der Waals surface area contributed by atoms with Gasteiger partial charge in [0, 0.05) is 25.6 Å². The number of carbonyl (C=O) groups excluding carboxylic acids is 2. The number of carboxylic acid groups (broad SMARTS) is 1. The second kappa shape index (κ2) is 11.5. The molecule has 2 rings (SSSR count). The van der Waals surface area contributed by atoms with Gasteiger partial charge in [0.1, 0.15) is 6.04 Å². The summed E-state index contributed by atoms with van der Waals surface area (Å²) in [5.41, 5.74) is 0. The zero-order chi connectivity index (χ0) is 19.1. The summed E-state index contributed by atoms with van der Waals surface area (Å²) in [6.45, 7) is 6.96. The van der Waals surface area contributed by atoms with Gasteiger partial charge >= 0.3 is 5.97 Å². The molecular formula is C19H34ClN3O4. The van der Waals surface area contributed by atoms with Crippen LogP contribution in [0.1, 0.15) is 52.4 Å². The van der Waals surface area contributed by atoms with Crippen molar-refractivity contribution in [2.24, 2.45) is 11.8 Å². The number of hydrogen-bond acceptors (Lipinski definition) is 4. The van der Waals surface area contributed by atoms with Crippen LogP contribution in [0, 0.1) is 11.8 Å². The molecule has 156 valence electrons. The molecule has 1 atom stereocenters. The van der Waals surface area contributed by atoms with Gasteiger partial charge < -0.3 is 15.3 Å². The van der Waals surface area contributed by atoms with E-state index < -0.39 is 12.0 Å². The number of piperidine rings is 2. The first kappa shape index (κ1) is 23.7. The fourth-order valence-corrected chi connectivity index (χ4v) is 3.75. The van der Waals surface area contributed by atoms with Gasteiger partial charge in [0.15, 0.2) is 0 Å². The van der Waals surface area contributed by atoms with E-state index in [4.69, 9.17) is 0 Å². The molecule has 7 nitrogen and oxygen atoms in total. The second-order valence-corrected chi connectivity index (χ2v) is 7.95. The molecule has 27 heavy (non-hydrogen) atoms. The summed E-state index contributed by atoms with van der Waals surface area (Å²) in [6.07, 6.45) is 4.79. The minimum Gasteiger partial charge on any atom is -0.480 e. The number of likely N-dealkylation sites (tertiary alicyclic amines) is 2. The van der Waals surface area contributed by atoms with Crippen LogP contribution < -0.4 is 5.32 Å². The summed E-state index contributed by atoms with van der Waals surface area (Å²) in [5.74, 6) is -0.210. The van der Waals surface area contributed by atoms with Gasteiger partial charge in [0.25, 0.3) is 0 Å². The maximum atomic E-state index is 12.5. The Morgan fingerprint density at radius 1 is 1.07 bits per heavy atom. The van der Waals surface area contributed by atoms with Crippen molar-refractivity contribution in [3.05, 3.63) is 0 Å². The van der Waals surface area contributed by atoms with Gasteiger partial charge in [-0.25, -0.2) is 0 Å². The van der Waals surface area contributed by atoms with Crippen molar-refractivity contribution < 1.29 is 19.5 Å². The molecule has 0 bridgehead atoms. The number of hydrogen-bond donors (Lipinski definition) is 2. The first-order valence-electron chi connectivity index (χ1n) is 9.90. The van der Waals surface area contributed by atoms with Crippen LogP contribution in [0.3, 0.4) is 0 Å². The van der Waals surface area contributed by atoms with E-state index in [0.717, 1.165) is 19.3 Å².